The summed E-state index contributed by atoms with van der Waals surface area (Å²) >= 11 is 0. The quantitative estimate of drug-likeness (QED) is 0.665. The lowest BCUT2D eigenvalue weighted by Crippen LogP contribution is -2.19. The van der Waals surface area contributed by atoms with Crippen molar-refractivity contribution in [2.75, 3.05) is 12.0 Å². The van der Waals surface area contributed by atoms with E-state index in [1.165, 1.54) is 6.07 Å². The lowest BCUT2D eigenvalue weighted by atomic mass is 10.1. The maximum absolute atomic E-state index is 12.2. The van der Waals surface area contributed by atoms with Crippen LogP contribution in [0.3, 0.4) is 0 Å². The van der Waals surface area contributed by atoms with E-state index in [-0.39, 0.29) is 5.75 Å². The zero-order valence-corrected chi connectivity index (χ0v) is 10.1. The Bertz CT molecular complexity index is 599. The third-order valence-electron chi connectivity index (χ3n) is 2.53. The van der Waals surface area contributed by atoms with Gasteiger partial charge in [0.2, 0.25) is 0 Å². The van der Waals surface area contributed by atoms with E-state index in [0.717, 1.165) is 5.56 Å². The van der Waals surface area contributed by atoms with Gasteiger partial charge in [-0.05, 0) is 24.6 Å². The number of pyridine rings is 1. The third-order valence-corrected chi connectivity index (χ3v) is 2.53. The highest BCUT2D eigenvalue weighted by molar-refractivity contribution is 5.86. The molecular formula is C12H12F3N3O. The first-order chi connectivity index (χ1) is 8.90. The molecule has 0 aliphatic carbocycles. The lowest BCUT2D eigenvalue weighted by molar-refractivity contribution is -0.153. The average Bonchev–Trinajstić information content (AvgIpc) is 2.34. The van der Waals surface area contributed by atoms with E-state index < -0.39 is 12.8 Å². The Labute approximate surface area is 107 Å². The van der Waals surface area contributed by atoms with Gasteiger partial charge < -0.3 is 10.2 Å². The molecule has 7 heteroatoms. The van der Waals surface area contributed by atoms with Gasteiger partial charge in [-0.2, -0.15) is 13.2 Å². The Morgan fingerprint density at radius 2 is 2.11 bits per heavy atom. The summed E-state index contributed by atoms with van der Waals surface area (Å²) < 4.78 is 41.3. The number of alkyl halides is 3. The second kappa shape index (κ2) is 4.93. The SMILES string of the molecule is Cc1cc2cccc(OCC(F)(F)F)c2nc1NN. The number of halogens is 3. The number of aromatic nitrogens is 1. The van der Waals surface area contributed by atoms with Crippen molar-refractivity contribution in [3.63, 3.8) is 0 Å². The molecule has 0 saturated carbocycles. The van der Waals surface area contributed by atoms with E-state index in [0.29, 0.717) is 16.7 Å². The van der Waals surface area contributed by atoms with Crippen LogP contribution < -0.4 is 16.0 Å². The summed E-state index contributed by atoms with van der Waals surface area (Å²) in [6.45, 7) is 0.442. The number of ether oxygens (including phenoxy) is 1. The molecule has 0 saturated heterocycles. The molecule has 0 aliphatic rings. The van der Waals surface area contributed by atoms with Crippen molar-refractivity contribution in [2.24, 2.45) is 5.84 Å². The Balaban J connectivity index is 2.44. The smallest absolute Gasteiger partial charge is 0.422 e. The number of nitrogen functional groups attached to an aromatic ring is 1. The van der Waals surface area contributed by atoms with E-state index in [4.69, 9.17) is 10.6 Å². The fourth-order valence-corrected chi connectivity index (χ4v) is 1.70. The van der Waals surface area contributed by atoms with Gasteiger partial charge in [0.05, 0.1) is 0 Å². The number of rotatable bonds is 3. The Kier molecular flexibility index (Phi) is 3.48. The zero-order valence-electron chi connectivity index (χ0n) is 10.1. The fourth-order valence-electron chi connectivity index (χ4n) is 1.70. The van der Waals surface area contributed by atoms with Crippen molar-refractivity contribution >= 4 is 16.7 Å². The molecule has 0 radical (unpaired) electrons. The second-order valence-electron chi connectivity index (χ2n) is 4.03. The van der Waals surface area contributed by atoms with Gasteiger partial charge in [-0.15, -0.1) is 0 Å². The summed E-state index contributed by atoms with van der Waals surface area (Å²) in [6.07, 6.45) is -4.39. The number of hydrogen-bond acceptors (Lipinski definition) is 4. The molecular weight excluding hydrogens is 259 g/mol. The molecule has 1 aromatic carbocycles. The van der Waals surface area contributed by atoms with Crippen LogP contribution in [-0.4, -0.2) is 17.8 Å². The number of aryl methyl sites for hydroxylation is 1. The molecule has 2 aromatic rings. The van der Waals surface area contributed by atoms with Crippen molar-refractivity contribution in [1.29, 1.82) is 0 Å². The first-order valence-electron chi connectivity index (χ1n) is 5.47. The molecule has 1 heterocycles. The van der Waals surface area contributed by atoms with Gasteiger partial charge in [-0.25, -0.2) is 10.8 Å². The van der Waals surface area contributed by atoms with E-state index in [1.807, 2.05) is 0 Å². The molecule has 0 spiro atoms. The Morgan fingerprint density at radius 1 is 1.37 bits per heavy atom. The summed E-state index contributed by atoms with van der Waals surface area (Å²) in [5.41, 5.74) is 3.53. The molecule has 2 rings (SSSR count). The van der Waals surface area contributed by atoms with Gasteiger partial charge in [0.25, 0.3) is 0 Å². The van der Waals surface area contributed by atoms with E-state index in [1.54, 1.807) is 25.1 Å². The molecule has 0 unspecified atom stereocenters. The van der Waals surface area contributed by atoms with Gasteiger partial charge in [-0.1, -0.05) is 12.1 Å². The second-order valence-corrected chi connectivity index (χ2v) is 4.03. The molecule has 1 aromatic heterocycles. The van der Waals surface area contributed by atoms with Crippen LogP contribution in [0.5, 0.6) is 5.75 Å². The van der Waals surface area contributed by atoms with E-state index in [9.17, 15) is 13.2 Å². The van der Waals surface area contributed by atoms with Crippen LogP contribution in [0.25, 0.3) is 10.9 Å². The summed E-state index contributed by atoms with van der Waals surface area (Å²) in [5.74, 6) is 5.78. The van der Waals surface area contributed by atoms with E-state index in [2.05, 4.69) is 10.4 Å². The van der Waals surface area contributed by atoms with Gasteiger partial charge in [-0.3, -0.25) is 0 Å². The third kappa shape index (κ3) is 3.05. The number of hydrogen-bond donors (Lipinski definition) is 2. The minimum Gasteiger partial charge on any atom is -0.482 e. The van der Waals surface area contributed by atoms with Crippen molar-refractivity contribution in [3.05, 3.63) is 29.8 Å². The highest BCUT2D eigenvalue weighted by Crippen LogP contribution is 2.28. The number of anilines is 1. The predicted molar refractivity (Wildman–Crippen MR) is 65.8 cm³/mol. The van der Waals surface area contributed by atoms with Crippen molar-refractivity contribution in [3.8, 4) is 5.75 Å². The molecule has 102 valence electrons. The molecule has 0 fully saturated rings. The fraction of sp³-hybridized carbons (Fsp3) is 0.250. The number of benzene rings is 1. The maximum Gasteiger partial charge on any atom is 0.422 e. The molecule has 19 heavy (non-hydrogen) atoms. The summed E-state index contributed by atoms with van der Waals surface area (Å²) in [4.78, 5) is 4.17. The average molecular weight is 271 g/mol. The number of nitrogens with one attached hydrogen (secondary N) is 1. The van der Waals surface area contributed by atoms with Crippen LogP contribution in [0.4, 0.5) is 19.0 Å². The number of fused-ring (bicyclic) bond motifs is 1. The highest BCUT2D eigenvalue weighted by Gasteiger charge is 2.28. The molecule has 3 N–H and O–H groups in total. The van der Waals surface area contributed by atoms with Gasteiger partial charge in [0.1, 0.15) is 17.1 Å². The number of para-hydroxylation sites is 1. The molecule has 0 bridgehead atoms. The van der Waals surface area contributed by atoms with Crippen LogP contribution >= 0.6 is 0 Å². The zero-order chi connectivity index (χ0) is 14.0. The molecule has 0 aliphatic heterocycles. The van der Waals surface area contributed by atoms with Crippen molar-refractivity contribution in [2.45, 2.75) is 13.1 Å². The van der Waals surface area contributed by atoms with Crippen molar-refractivity contribution in [1.82, 2.24) is 4.98 Å². The Hall–Kier alpha value is -2.02. The summed E-state index contributed by atoms with van der Waals surface area (Å²) in [6, 6.07) is 6.58. The van der Waals surface area contributed by atoms with Crippen LogP contribution in [-0.2, 0) is 0 Å². The minimum absolute atomic E-state index is 0.0753. The van der Waals surface area contributed by atoms with Crippen LogP contribution in [0.1, 0.15) is 5.56 Å². The monoisotopic (exact) mass is 271 g/mol. The predicted octanol–water partition coefficient (Wildman–Crippen LogP) is 2.77. The van der Waals surface area contributed by atoms with Crippen LogP contribution in [0.2, 0.25) is 0 Å². The molecule has 0 atom stereocenters. The topological polar surface area (TPSA) is 60.2 Å². The summed E-state index contributed by atoms with van der Waals surface area (Å²) in [7, 11) is 0. The van der Waals surface area contributed by atoms with E-state index >= 15 is 0 Å². The molecule has 4 nitrogen and oxygen atoms in total. The van der Waals surface area contributed by atoms with Crippen LogP contribution in [0, 0.1) is 6.92 Å². The van der Waals surface area contributed by atoms with Gasteiger partial charge in [0, 0.05) is 5.39 Å². The Morgan fingerprint density at radius 3 is 2.74 bits per heavy atom. The van der Waals surface area contributed by atoms with Crippen LogP contribution in [0.15, 0.2) is 24.3 Å². The highest BCUT2D eigenvalue weighted by atomic mass is 19.4. The largest absolute Gasteiger partial charge is 0.482 e. The summed E-state index contributed by atoms with van der Waals surface area (Å²) in [5, 5.41) is 0.691. The normalized spacial score (nSPS) is 11.6. The van der Waals surface area contributed by atoms with Crippen molar-refractivity contribution < 1.29 is 17.9 Å². The van der Waals surface area contributed by atoms with Gasteiger partial charge in [0.15, 0.2) is 6.61 Å². The standard InChI is InChI=1S/C12H12F3N3O/c1-7-5-8-3-2-4-9(19-6-12(13,14)15)10(8)17-11(7)18-16/h2-5H,6,16H2,1H3,(H,17,18). The number of hydrazine groups is 1. The molecule has 0 amide bonds. The number of nitrogens with two attached hydrogens (primary N) is 1. The number of nitrogens with zero attached hydrogens (tertiary/aromatic N) is 1. The minimum atomic E-state index is -4.39. The maximum atomic E-state index is 12.2. The first-order valence-corrected chi connectivity index (χ1v) is 5.47. The lowest BCUT2D eigenvalue weighted by Gasteiger charge is -2.12. The van der Waals surface area contributed by atoms with Gasteiger partial charge >= 0.3 is 6.18 Å². The first kappa shape index (κ1) is 13.4.